The predicted octanol–water partition coefficient (Wildman–Crippen LogP) is 3.01. The average molecular weight is 271 g/mol. The van der Waals surface area contributed by atoms with E-state index in [4.69, 9.17) is 9.52 Å². The van der Waals surface area contributed by atoms with E-state index >= 15 is 0 Å². The number of carbonyl (C=O) groups is 1. The molecule has 0 aliphatic rings. The van der Waals surface area contributed by atoms with Crippen molar-refractivity contribution in [1.82, 2.24) is 0 Å². The highest BCUT2D eigenvalue weighted by Crippen LogP contribution is 2.19. The van der Waals surface area contributed by atoms with Crippen LogP contribution in [0.25, 0.3) is 0 Å². The molecular formula is C12H8F3NO3. The van der Waals surface area contributed by atoms with Gasteiger partial charge < -0.3 is 14.8 Å². The first kappa shape index (κ1) is 13.0. The minimum atomic E-state index is -1.56. The van der Waals surface area contributed by atoms with Crippen LogP contribution >= 0.6 is 0 Å². The summed E-state index contributed by atoms with van der Waals surface area (Å²) in [7, 11) is 0. The van der Waals surface area contributed by atoms with Crippen molar-refractivity contribution in [3.05, 3.63) is 53.2 Å². The second-order valence-corrected chi connectivity index (χ2v) is 3.69. The zero-order valence-electron chi connectivity index (χ0n) is 9.41. The molecule has 1 aromatic carbocycles. The lowest BCUT2D eigenvalue weighted by molar-refractivity contribution is 0.0661. The molecular weight excluding hydrogens is 263 g/mol. The maximum Gasteiger partial charge on any atom is 0.372 e. The van der Waals surface area contributed by atoms with Gasteiger partial charge in [-0.15, -0.1) is 0 Å². The largest absolute Gasteiger partial charge is 0.475 e. The average Bonchev–Trinajstić information content (AvgIpc) is 2.81. The lowest BCUT2D eigenvalue weighted by atomic mass is 10.2. The molecule has 0 radical (unpaired) electrons. The number of hydrogen-bond donors (Lipinski definition) is 2. The van der Waals surface area contributed by atoms with Crippen molar-refractivity contribution < 1.29 is 27.5 Å². The van der Waals surface area contributed by atoms with Gasteiger partial charge in [-0.25, -0.2) is 18.0 Å². The molecule has 0 amide bonds. The lowest BCUT2D eigenvalue weighted by Gasteiger charge is -2.06. The Bertz CT molecular complexity index is 601. The van der Waals surface area contributed by atoms with E-state index in [1.807, 2.05) is 0 Å². The standard InChI is InChI=1S/C12H8F3NO3/c13-8-3-7(4-9(14)10(8)15)16-5-6-1-2-19-11(6)12(17)18/h1-4,16H,5H2,(H,17,18). The van der Waals surface area contributed by atoms with Crippen molar-refractivity contribution in [2.24, 2.45) is 0 Å². The Morgan fingerprint density at radius 3 is 2.47 bits per heavy atom. The molecule has 0 saturated carbocycles. The van der Waals surface area contributed by atoms with Gasteiger partial charge >= 0.3 is 5.97 Å². The van der Waals surface area contributed by atoms with Gasteiger partial charge in [0.1, 0.15) is 0 Å². The van der Waals surface area contributed by atoms with Gasteiger partial charge in [0, 0.05) is 29.9 Å². The zero-order chi connectivity index (χ0) is 14.0. The molecule has 0 atom stereocenters. The molecule has 0 aliphatic heterocycles. The second-order valence-electron chi connectivity index (χ2n) is 3.69. The van der Waals surface area contributed by atoms with Crippen molar-refractivity contribution in [1.29, 1.82) is 0 Å². The van der Waals surface area contributed by atoms with E-state index in [1.54, 1.807) is 0 Å². The zero-order valence-corrected chi connectivity index (χ0v) is 9.41. The SMILES string of the molecule is O=C(O)c1occc1CNc1cc(F)c(F)c(F)c1. The molecule has 4 nitrogen and oxygen atoms in total. The molecule has 2 N–H and O–H groups in total. The normalized spacial score (nSPS) is 10.5. The molecule has 2 rings (SSSR count). The molecule has 2 aromatic rings. The van der Waals surface area contributed by atoms with Crippen LogP contribution in [0, 0.1) is 17.5 Å². The maximum atomic E-state index is 12.9. The molecule has 19 heavy (non-hydrogen) atoms. The van der Waals surface area contributed by atoms with Gasteiger partial charge in [0.25, 0.3) is 0 Å². The predicted molar refractivity (Wildman–Crippen MR) is 59.3 cm³/mol. The van der Waals surface area contributed by atoms with Crippen LogP contribution < -0.4 is 5.32 Å². The number of benzene rings is 1. The van der Waals surface area contributed by atoms with Crippen LogP contribution in [-0.2, 0) is 6.54 Å². The molecule has 0 aliphatic carbocycles. The summed E-state index contributed by atoms with van der Waals surface area (Å²) < 4.78 is 43.3. The summed E-state index contributed by atoms with van der Waals surface area (Å²) in [5.74, 6) is -5.73. The van der Waals surface area contributed by atoms with Gasteiger partial charge in [-0.05, 0) is 6.07 Å². The molecule has 0 saturated heterocycles. The summed E-state index contributed by atoms with van der Waals surface area (Å²) in [5, 5.41) is 11.4. The summed E-state index contributed by atoms with van der Waals surface area (Å²) in [6, 6.07) is 2.96. The fourth-order valence-electron chi connectivity index (χ4n) is 1.52. The third kappa shape index (κ3) is 2.70. The minimum Gasteiger partial charge on any atom is -0.475 e. The highest BCUT2D eigenvalue weighted by molar-refractivity contribution is 5.86. The Morgan fingerprint density at radius 1 is 1.26 bits per heavy atom. The summed E-state index contributed by atoms with van der Waals surface area (Å²) in [6.07, 6.45) is 1.19. The van der Waals surface area contributed by atoms with Crippen molar-refractivity contribution in [2.75, 3.05) is 5.32 Å². The van der Waals surface area contributed by atoms with Crippen LogP contribution in [0.3, 0.4) is 0 Å². The van der Waals surface area contributed by atoms with E-state index in [1.165, 1.54) is 12.3 Å². The van der Waals surface area contributed by atoms with Crippen molar-refractivity contribution in [2.45, 2.75) is 6.54 Å². The van der Waals surface area contributed by atoms with Crippen LogP contribution in [0.2, 0.25) is 0 Å². The number of furan rings is 1. The fourth-order valence-corrected chi connectivity index (χ4v) is 1.52. The maximum absolute atomic E-state index is 12.9. The number of rotatable bonds is 4. The number of carboxylic acid groups (broad SMARTS) is 1. The molecule has 0 fully saturated rings. The summed E-state index contributed by atoms with van der Waals surface area (Å²) in [4.78, 5) is 10.8. The quantitative estimate of drug-likeness (QED) is 0.839. The number of aromatic carboxylic acids is 1. The van der Waals surface area contributed by atoms with Crippen molar-refractivity contribution >= 4 is 11.7 Å². The van der Waals surface area contributed by atoms with Gasteiger partial charge in [0.2, 0.25) is 5.76 Å². The van der Waals surface area contributed by atoms with Gasteiger partial charge in [0.15, 0.2) is 17.5 Å². The Labute approximate surface area is 105 Å². The number of halogens is 3. The van der Waals surface area contributed by atoms with Crippen LogP contribution in [0.4, 0.5) is 18.9 Å². The monoisotopic (exact) mass is 271 g/mol. The van der Waals surface area contributed by atoms with E-state index in [0.29, 0.717) is 5.56 Å². The Balaban J connectivity index is 2.15. The molecule has 7 heteroatoms. The van der Waals surface area contributed by atoms with Gasteiger partial charge in [-0.3, -0.25) is 0 Å². The Morgan fingerprint density at radius 2 is 1.89 bits per heavy atom. The molecule has 1 heterocycles. The highest BCUT2D eigenvalue weighted by atomic mass is 19.2. The molecule has 0 unspecified atom stereocenters. The highest BCUT2D eigenvalue weighted by Gasteiger charge is 2.14. The van der Waals surface area contributed by atoms with E-state index < -0.39 is 23.4 Å². The lowest BCUT2D eigenvalue weighted by Crippen LogP contribution is -2.05. The topological polar surface area (TPSA) is 62.5 Å². The first-order chi connectivity index (χ1) is 8.99. The van der Waals surface area contributed by atoms with Gasteiger partial charge in [-0.2, -0.15) is 0 Å². The summed E-state index contributed by atoms with van der Waals surface area (Å²) in [5.41, 5.74) is 0.298. The summed E-state index contributed by atoms with van der Waals surface area (Å²) >= 11 is 0. The van der Waals surface area contributed by atoms with Crippen LogP contribution in [0.15, 0.2) is 28.9 Å². The fraction of sp³-hybridized carbons (Fsp3) is 0.0833. The first-order valence-corrected chi connectivity index (χ1v) is 5.17. The third-order valence-electron chi connectivity index (χ3n) is 2.41. The third-order valence-corrected chi connectivity index (χ3v) is 2.41. The molecule has 1 aromatic heterocycles. The van der Waals surface area contributed by atoms with E-state index in [2.05, 4.69) is 5.32 Å². The van der Waals surface area contributed by atoms with Gasteiger partial charge in [0.05, 0.1) is 6.26 Å². The Hall–Kier alpha value is -2.44. The van der Waals surface area contributed by atoms with E-state index in [9.17, 15) is 18.0 Å². The number of carboxylic acids is 1. The number of nitrogens with one attached hydrogen (secondary N) is 1. The molecule has 0 spiro atoms. The van der Waals surface area contributed by atoms with Crippen molar-refractivity contribution in [3.63, 3.8) is 0 Å². The molecule has 0 bridgehead atoms. The van der Waals surface area contributed by atoms with Crippen LogP contribution in [-0.4, -0.2) is 11.1 Å². The molecule has 100 valence electrons. The Kier molecular flexibility index (Phi) is 3.46. The van der Waals surface area contributed by atoms with Gasteiger partial charge in [-0.1, -0.05) is 0 Å². The minimum absolute atomic E-state index is 0.00561. The number of anilines is 1. The second kappa shape index (κ2) is 5.05. The van der Waals surface area contributed by atoms with Crippen LogP contribution in [0.1, 0.15) is 16.1 Å². The summed E-state index contributed by atoms with van der Waals surface area (Å²) in [6.45, 7) is -0.0252. The van der Waals surface area contributed by atoms with Crippen LogP contribution in [0.5, 0.6) is 0 Å². The van der Waals surface area contributed by atoms with E-state index in [-0.39, 0.29) is 18.0 Å². The smallest absolute Gasteiger partial charge is 0.372 e. The number of hydrogen-bond acceptors (Lipinski definition) is 3. The van der Waals surface area contributed by atoms with E-state index in [0.717, 1.165) is 12.1 Å². The van der Waals surface area contributed by atoms with Crippen molar-refractivity contribution in [3.8, 4) is 0 Å². The first-order valence-electron chi connectivity index (χ1n) is 5.17.